The molecule has 2 aromatic heterocycles. The van der Waals surface area contributed by atoms with Crippen LogP contribution in [0, 0.1) is 4.64 Å². The monoisotopic (exact) mass is 307 g/mol. The van der Waals surface area contributed by atoms with E-state index in [4.69, 9.17) is 12.2 Å². The maximum atomic E-state index is 12.8. The second-order valence-electron chi connectivity index (χ2n) is 4.36. The van der Waals surface area contributed by atoms with E-state index in [0.717, 1.165) is 5.39 Å². The standard InChI is InChI=1S/C14H8F3N3S/c15-14(16,17)13-19-11(7-12(21)20-13)9-3-1-5-10-8(9)4-2-6-18-10/h1-7H,(H,19,20,21). The molecule has 2 heterocycles. The molecule has 3 rings (SSSR count). The molecule has 7 heteroatoms. The van der Waals surface area contributed by atoms with E-state index in [-0.39, 0.29) is 10.3 Å². The fourth-order valence-electron chi connectivity index (χ4n) is 2.08. The molecule has 0 saturated heterocycles. The van der Waals surface area contributed by atoms with Crippen LogP contribution in [0.25, 0.3) is 22.2 Å². The van der Waals surface area contributed by atoms with Gasteiger partial charge >= 0.3 is 6.18 Å². The largest absolute Gasteiger partial charge is 0.449 e. The van der Waals surface area contributed by atoms with Gasteiger partial charge in [0.05, 0.1) is 11.2 Å². The number of nitrogens with one attached hydrogen (secondary N) is 1. The van der Waals surface area contributed by atoms with Gasteiger partial charge < -0.3 is 4.98 Å². The van der Waals surface area contributed by atoms with Crippen LogP contribution in [0.1, 0.15) is 5.82 Å². The Morgan fingerprint density at radius 3 is 2.67 bits per heavy atom. The van der Waals surface area contributed by atoms with E-state index < -0.39 is 12.0 Å². The molecule has 0 fully saturated rings. The van der Waals surface area contributed by atoms with Crippen LogP contribution in [-0.2, 0) is 6.18 Å². The lowest BCUT2D eigenvalue weighted by atomic mass is 10.1. The fraction of sp³-hybridized carbons (Fsp3) is 0.0714. The molecule has 106 valence electrons. The van der Waals surface area contributed by atoms with Crippen LogP contribution in [0.4, 0.5) is 13.2 Å². The summed E-state index contributed by atoms with van der Waals surface area (Å²) >= 11 is 4.83. The van der Waals surface area contributed by atoms with Gasteiger partial charge in [-0.1, -0.05) is 30.4 Å². The zero-order chi connectivity index (χ0) is 15.0. The number of fused-ring (bicyclic) bond motifs is 1. The molecule has 0 bridgehead atoms. The molecule has 1 N–H and O–H groups in total. The number of nitrogens with zero attached hydrogens (tertiary/aromatic N) is 2. The van der Waals surface area contributed by atoms with Crippen molar-refractivity contribution in [1.29, 1.82) is 0 Å². The third-order valence-electron chi connectivity index (χ3n) is 2.95. The van der Waals surface area contributed by atoms with Crippen molar-refractivity contribution < 1.29 is 13.2 Å². The average Bonchev–Trinajstić information content (AvgIpc) is 2.45. The van der Waals surface area contributed by atoms with Crippen LogP contribution in [0.3, 0.4) is 0 Å². The summed E-state index contributed by atoms with van der Waals surface area (Å²) in [6, 6.07) is 10.2. The summed E-state index contributed by atoms with van der Waals surface area (Å²) in [4.78, 5) is 9.82. The fourth-order valence-corrected chi connectivity index (χ4v) is 2.28. The van der Waals surface area contributed by atoms with Gasteiger partial charge in [-0.15, -0.1) is 0 Å². The highest BCUT2D eigenvalue weighted by atomic mass is 32.1. The maximum Gasteiger partial charge on any atom is 0.449 e. The molecule has 0 atom stereocenters. The number of H-pyrrole nitrogens is 1. The summed E-state index contributed by atoms with van der Waals surface area (Å²) in [7, 11) is 0. The number of benzene rings is 1. The van der Waals surface area contributed by atoms with Crippen LogP contribution in [0.5, 0.6) is 0 Å². The second-order valence-corrected chi connectivity index (χ2v) is 4.77. The Balaban J connectivity index is 2.29. The number of hydrogen-bond acceptors (Lipinski definition) is 3. The van der Waals surface area contributed by atoms with Crippen molar-refractivity contribution in [2.24, 2.45) is 0 Å². The van der Waals surface area contributed by atoms with E-state index in [9.17, 15) is 13.2 Å². The number of halogens is 3. The molecule has 21 heavy (non-hydrogen) atoms. The van der Waals surface area contributed by atoms with Crippen LogP contribution in [0.2, 0.25) is 0 Å². The van der Waals surface area contributed by atoms with Gasteiger partial charge in [0.2, 0.25) is 5.82 Å². The van der Waals surface area contributed by atoms with Gasteiger partial charge in [0, 0.05) is 17.1 Å². The first-order chi connectivity index (χ1) is 9.95. The van der Waals surface area contributed by atoms with Gasteiger partial charge in [-0.25, -0.2) is 4.98 Å². The molecule has 0 aliphatic carbocycles. The number of hydrogen-bond donors (Lipinski definition) is 1. The van der Waals surface area contributed by atoms with Crippen molar-refractivity contribution in [2.45, 2.75) is 6.18 Å². The highest BCUT2D eigenvalue weighted by Crippen LogP contribution is 2.30. The molecular weight excluding hydrogens is 299 g/mol. The molecule has 0 saturated carbocycles. The first-order valence-electron chi connectivity index (χ1n) is 5.98. The van der Waals surface area contributed by atoms with Gasteiger partial charge in [0.15, 0.2) is 0 Å². The SMILES string of the molecule is FC(F)(F)c1nc(=S)cc(-c2cccc3ncccc23)[nH]1. The number of aromatic nitrogens is 3. The van der Waals surface area contributed by atoms with Crippen molar-refractivity contribution in [3.63, 3.8) is 0 Å². The number of pyridine rings is 1. The van der Waals surface area contributed by atoms with Crippen molar-refractivity contribution in [1.82, 2.24) is 15.0 Å². The maximum absolute atomic E-state index is 12.8. The molecule has 0 aliphatic rings. The Morgan fingerprint density at radius 1 is 1.10 bits per heavy atom. The van der Waals surface area contributed by atoms with Crippen LogP contribution in [-0.4, -0.2) is 15.0 Å². The molecular formula is C14H8F3N3S. The lowest BCUT2D eigenvalue weighted by Gasteiger charge is -2.10. The van der Waals surface area contributed by atoms with Gasteiger partial charge in [-0.05, 0) is 18.2 Å². The Morgan fingerprint density at radius 2 is 1.90 bits per heavy atom. The highest BCUT2D eigenvalue weighted by Gasteiger charge is 2.34. The van der Waals surface area contributed by atoms with Crippen LogP contribution < -0.4 is 0 Å². The highest BCUT2D eigenvalue weighted by molar-refractivity contribution is 7.71. The average molecular weight is 307 g/mol. The minimum absolute atomic E-state index is 0.114. The van der Waals surface area contributed by atoms with Gasteiger partial charge in [0.1, 0.15) is 4.64 Å². The molecule has 0 aliphatic heterocycles. The van der Waals surface area contributed by atoms with E-state index in [1.165, 1.54) is 6.07 Å². The summed E-state index contributed by atoms with van der Waals surface area (Å²) in [5, 5.41) is 0.741. The van der Waals surface area contributed by atoms with Crippen molar-refractivity contribution in [3.8, 4) is 11.3 Å². The van der Waals surface area contributed by atoms with Crippen LogP contribution in [0.15, 0.2) is 42.6 Å². The molecule has 1 aromatic carbocycles. The summed E-state index contributed by atoms with van der Waals surface area (Å²) in [6.45, 7) is 0. The summed E-state index contributed by atoms with van der Waals surface area (Å²) in [5.74, 6) is -1.11. The predicted octanol–water partition coefficient (Wildman–Crippen LogP) is 4.37. The lowest BCUT2D eigenvalue weighted by molar-refractivity contribution is -0.144. The van der Waals surface area contributed by atoms with E-state index in [2.05, 4.69) is 15.0 Å². The van der Waals surface area contributed by atoms with Gasteiger partial charge in [-0.2, -0.15) is 13.2 Å². The van der Waals surface area contributed by atoms with Crippen molar-refractivity contribution in [3.05, 3.63) is 53.1 Å². The van der Waals surface area contributed by atoms with E-state index in [0.29, 0.717) is 11.1 Å². The Bertz CT molecular complexity index is 866. The van der Waals surface area contributed by atoms with E-state index in [1.807, 2.05) is 0 Å². The molecule has 0 radical (unpaired) electrons. The van der Waals surface area contributed by atoms with E-state index >= 15 is 0 Å². The first-order valence-corrected chi connectivity index (χ1v) is 6.39. The number of aromatic amines is 1. The van der Waals surface area contributed by atoms with Crippen molar-refractivity contribution in [2.75, 3.05) is 0 Å². The third kappa shape index (κ3) is 2.64. The molecule has 0 amide bonds. The first kappa shape index (κ1) is 13.7. The molecule has 3 nitrogen and oxygen atoms in total. The number of alkyl halides is 3. The second kappa shape index (κ2) is 4.92. The topological polar surface area (TPSA) is 41.6 Å². The van der Waals surface area contributed by atoms with Gasteiger partial charge in [-0.3, -0.25) is 4.98 Å². The minimum atomic E-state index is -4.58. The van der Waals surface area contributed by atoms with Crippen molar-refractivity contribution >= 4 is 23.1 Å². The summed E-state index contributed by atoms with van der Waals surface area (Å²) in [5.41, 5.74) is 1.56. The molecule has 0 spiro atoms. The zero-order valence-corrected chi connectivity index (χ0v) is 11.3. The normalized spacial score (nSPS) is 11.8. The molecule has 0 unspecified atom stereocenters. The van der Waals surface area contributed by atoms with Crippen LogP contribution >= 0.6 is 12.2 Å². The quantitative estimate of drug-likeness (QED) is 0.679. The van der Waals surface area contributed by atoms with E-state index in [1.54, 1.807) is 36.5 Å². The Hall–Kier alpha value is -2.28. The smallest absolute Gasteiger partial charge is 0.335 e. The van der Waals surface area contributed by atoms with Gasteiger partial charge in [0.25, 0.3) is 0 Å². The Kier molecular flexibility index (Phi) is 3.21. The zero-order valence-electron chi connectivity index (χ0n) is 10.5. The summed E-state index contributed by atoms with van der Waals surface area (Å²) in [6.07, 6.45) is -2.95. The molecule has 3 aromatic rings. The third-order valence-corrected chi connectivity index (χ3v) is 3.16. The lowest BCUT2D eigenvalue weighted by Crippen LogP contribution is -2.11. The minimum Gasteiger partial charge on any atom is -0.335 e. The number of rotatable bonds is 1. The summed E-state index contributed by atoms with van der Waals surface area (Å²) < 4.78 is 38.4. The predicted molar refractivity (Wildman–Crippen MR) is 75.2 cm³/mol. The Labute approximate surface area is 122 Å².